The van der Waals surface area contributed by atoms with E-state index in [0.29, 0.717) is 11.1 Å². The molecule has 0 bridgehead atoms. The summed E-state index contributed by atoms with van der Waals surface area (Å²) in [6, 6.07) is 14.6. The Labute approximate surface area is 170 Å². The summed E-state index contributed by atoms with van der Waals surface area (Å²) >= 11 is 0. The number of nitro groups is 1. The third-order valence-electron chi connectivity index (χ3n) is 4.47. The van der Waals surface area contributed by atoms with Gasteiger partial charge in [-0.2, -0.15) is 0 Å². The number of Topliss-reactive ketones (excluding diaryl/α,β-unsaturated/α-hetero) is 1. The molecular formula is C22H17NO7. The molecule has 0 fully saturated rings. The molecule has 0 aliphatic rings. The highest BCUT2D eigenvalue weighted by Crippen LogP contribution is 2.27. The highest BCUT2D eigenvalue weighted by molar-refractivity contribution is 6.02. The highest BCUT2D eigenvalue weighted by atomic mass is 16.6. The van der Waals surface area contributed by atoms with Crippen LogP contribution in [0.3, 0.4) is 0 Å². The summed E-state index contributed by atoms with van der Waals surface area (Å²) in [4.78, 5) is 47.8. The van der Waals surface area contributed by atoms with E-state index < -0.39 is 28.4 Å². The summed E-state index contributed by atoms with van der Waals surface area (Å²) < 4.78 is 10.5. The van der Waals surface area contributed by atoms with Crippen LogP contribution in [-0.4, -0.2) is 16.7 Å². The van der Waals surface area contributed by atoms with Crippen molar-refractivity contribution >= 4 is 17.4 Å². The Morgan fingerprint density at radius 1 is 1.03 bits per heavy atom. The molecule has 152 valence electrons. The summed E-state index contributed by atoms with van der Waals surface area (Å²) in [5, 5.41) is 10.9. The quantitative estimate of drug-likeness (QED) is 0.263. The molecule has 0 saturated heterocycles. The minimum atomic E-state index is -1.34. The van der Waals surface area contributed by atoms with Crippen LogP contribution in [-0.2, 0) is 4.74 Å². The van der Waals surface area contributed by atoms with E-state index in [4.69, 9.17) is 9.15 Å². The third kappa shape index (κ3) is 4.33. The molecule has 1 atom stereocenters. The second-order valence-electron chi connectivity index (χ2n) is 6.54. The Morgan fingerprint density at radius 2 is 1.67 bits per heavy atom. The summed E-state index contributed by atoms with van der Waals surface area (Å²) in [6.07, 6.45) is -1.34. The van der Waals surface area contributed by atoms with Crippen molar-refractivity contribution in [3.05, 3.63) is 109 Å². The summed E-state index contributed by atoms with van der Waals surface area (Å²) in [5.41, 5.74) is 0.212. The number of benzene rings is 2. The van der Waals surface area contributed by atoms with E-state index in [1.165, 1.54) is 31.2 Å². The molecule has 0 aliphatic carbocycles. The number of non-ortho nitro benzene ring substituents is 1. The molecule has 30 heavy (non-hydrogen) atoms. The van der Waals surface area contributed by atoms with E-state index in [-0.39, 0.29) is 22.6 Å². The van der Waals surface area contributed by atoms with Crippen molar-refractivity contribution < 1.29 is 23.7 Å². The van der Waals surface area contributed by atoms with Gasteiger partial charge in [0, 0.05) is 29.3 Å². The fourth-order valence-corrected chi connectivity index (χ4v) is 3.03. The van der Waals surface area contributed by atoms with Crippen molar-refractivity contribution in [2.75, 3.05) is 0 Å². The molecule has 1 heterocycles. The first-order valence-corrected chi connectivity index (χ1v) is 8.94. The molecule has 0 N–H and O–H groups in total. The van der Waals surface area contributed by atoms with Crippen LogP contribution in [0, 0.1) is 24.0 Å². The van der Waals surface area contributed by atoms with E-state index in [1.54, 1.807) is 37.3 Å². The van der Waals surface area contributed by atoms with Crippen molar-refractivity contribution in [3.8, 4) is 0 Å². The lowest BCUT2D eigenvalue weighted by atomic mass is 9.99. The Morgan fingerprint density at radius 3 is 2.23 bits per heavy atom. The number of aryl methyl sites for hydroxylation is 2. The van der Waals surface area contributed by atoms with E-state index in [1.807, 2.05) is 0 Å². The number of hydrogen-bond donors (Lipinski definition) is 0. The van der Waals surface area contributed by atoms with Crippen LogP contribution in [0.2, 0.25) is 0 Å². The van der Waals surface area contributed by atoms with Gasteiger partial charge in [-0.1, -0.05) is 30.3 Å². The number of hydrogen-bond acceptors (Lipinski definition) is 7. The zero-order valence-electron chi connectivity index (χ0n) is 16.2. The maximum atomic E-state index is 13.1. The molecule has 1 aromatic heterocycles. The molecule has 8 heteroatoms. The van der Waals surface area contributed by atoms with Gasteiger partial charge in [-0.15, -0.1) is 0 Å². The third-order valence-corrected chi connectivity index (χ3v) is 4.47. The van der Waals surface area contributed by atoms with Crippen LogP contribution < -0.4 is 5.63 Å². The predicted molar refractivity (Wildman–Crippen MR) is 106 cm³/mol. The SMILES string of the molecule is Cc1cc(=O)oc(C)c1C(=O)O[C@@H](C(=O)c1ccccc1)c1ccc([N+](=O)[O-])cc1. The number of rotatable bonds is 6. The lowest BCUT2D eigenvalue weighted by Crippen LogP contribution is -2.22. The number of esters is 1. The van der Waals surface area contributed by atoms with Crippen LogP contribution >= 0.6 is 0 Å². The van der Waals surface area contributed by atoms with E-state index in [9.17, 15) is 24.5 Å². The van der Waals surface area contributed by atoms with E-state index in [0.717, 1.165) is 6.07 Å². The normalized spacial score (nSPS) is 11.5. The molecule has 0 spiro atoms. The van der Waals surface area contributed by atoms with Crippen LogP contribution in [0.25, 0.3) is 0 Å². The minimum Gasteiger partial charge on any atom is -0.445 e. The molecule has 0 radical (unpaired) electrons. The van der Waals surface area contributed by atoms with Gasteiger partial charge in [-0.3, -0.25) is 14.9 Å². The van der Waals surface area contributed by atoms with Crippen LogP contribution in [0.1, 0.15) is 43.7 Å². The number of ketones is 1. The zero-order chi connectivity index (χ0) is 21.8. The molecule has 2 aromatic carbocycles. The molecule has 0 saturated carbocycles. The fourth-order valence-electron chi connectivity index (χ4n) is 3.03. The van der Waals surface area contributed by atoms with Gasteiger partial charge in [-0.05, 0) is 31.5 Å². The van der Waals surface area contributed by atoms with Crippen molar-refractivity contribution in [1.82, 2.24) is 0 Å². The standard InChI is InChI=1S/C22H17NO7/c1-13-12-18(24)29-14(2)19(13)22(26)30-21(20(25)15-6-4-3-5-7-15)16-8-10-17(11-9-16)23(27)28/h3-12,21H,1-2H3/t21-/m1/s1. The largest absolute Gasteiger partial charge is 0.445 e. The van der Waals surface area contributed by atoms with Crippen molar-refractivity contribution in [3.63, 3.8) is 0 Å². The second-order valence-corrected chi connectivity index (χ2v) is 6.54. The number of carbonyl (C=O) groups is 2. The van der Waals surface area contributed by atoms with Gasteiger partial charge < -0.3 is 9.15 Å². The first-order valence-electron chi connectivity index (χ1n) is 8.94. The molecule has 0 aliphatic heterocycles. The zero-order valence-corrected chi connectivity index (χ0v) is 16.2. The molecule has 3 rings (SSSR count). The van der Waals surface area contributed by atoms with Gasteiger partial charge >= 0.3 is 11.6 Å². The maximum Gasteiger partial charge on any atom is 0.342 e. The number of ether oxygens (including phenoxy) is 1. The Balaban J connectivity index is 2.01. The average molecular weight is 407 g/mol. The Kier molecular flexibility index (Phi) is 5.87. The predicted octanol–water partition coefficient (Wildman–Crippen LogP) is 3.95. The second kappa shape index (κ2) is 8.52. The van der Waals surface area contributed by atoms with Crippen LogP contribution in [0.5, 0.6) is 0 Å². The topological polar surface area (TPSA) is 117 Å². The number of nitro benzene ring substituents is 1. The summed E-state index contributed by atoms with van der Waals surface area (Å²) in [7, 11) is 0. The molecule has 8 nitrogen and oxygen atoms in total. The first kappa shape index (κ1) is 20.7. The van der Waals surface area contributed by atoms with Crippen molar-refractivity contribution in [2.45, 2.75) is 20.0 Å². The van der Waals surface area contributed by atoms with Gasteiger partial charge in [0.15, 0.2) is 6.10 Å². The Bertz CT molecular complexity index is 1140. The number of nitrogens with zero attached hydrogens (tertiary/aromatic N) is 1. The fraction of sp³-hybridized carbons (Fsp3) is 0.136. The minimum absolute atomic E-state index is 0.0439. The number of carbonyl (C=O) groups excluding carboxylic acids is 2. The smallest absolute Gasteiger partial charge is 0.342 e. The van der Waals surface area contributed by atoms with E-state index >= 15 is 0 Å². The molecule has 0 unspecified atom stereocenters. The van der Waals surface area contributed by atoms with Gasteiger partial charge in [0.05, 0.1) is 4.92 Å². The van der Waals surface area contributed by atoms with Gasteiger partial charge in [0.25, 0.3) is 5.69 Å². The molecular weight excluding hydrogens is 390 g/mol. The Hall–Kier alpha value is -4.07. The lowest BCUT2D eigenvalue weighted by Gasteiger charge is -2.18. The lowest BCUT2D eigenvalue weighted by molar-refractivity contribution is -0.384. The molecule has 0 amide bonds. The molecule has 3 aromatic rings. The average Bonchev–Trinajstić information content (AvgIpc) is 2.71. The van der Waals surface area contributed by atoms with Crippen LogP contribution in [0.4, 0.5) is 5.69 Å². The van der Waals surface area contributed by atoms with E-state index in [2.05, 4.69) is 0 Å². The van der Waals surface area contributed by atoms with Crippen molar-refractivity contribution in [2.24, 2.45) is 0 Å². The van der Waals surface area contributed by atoms with Gasteiger partial charge in [0.1, 0.15) is 11.3 Å². The highest BCUT2D eigenvalue weighted by Gasteiger charge is 2.29. The van der Waals surface area contributed by atoms with Gasteiger partial charge in [-0.25, -0.2) is 9.59 Å². The summed E-state index contributed by atoms with van der Waals surface area (Å²) in [5.74, 6) is -1.27. The first-order chi connectivity index (χ1) is 14.3. The van der Waals surface area contributed by atoms with Gasteiger partial charge in [0.2, 0.25) is 5.78 Å². The maximum absolute atomic E-state index is 13.1. The summed E-state index contributed by atoms with van der Waals surface area (Å²) in [6.45, 7) is 3.01. The van der Waals surface area contributed by atoms with Crippen LogP contribution in [0.15, 0.2) is 69.9 Å². The monoisotopic (exact) mass is 407 g/mol. The van der Waals surface area contributed by atoms with Crippen molar-refractivity contribution in [1.29, 1.82) is 0 Å².